The minimum atomic E-state index is 0.763. The molecule has 2 rings (SSSR count). The van der Waals surface area contributed by atoms with Gasteiger partial charge >= 0.3 is 0 Å². The van der Waals surface area contributed by atoms with Crippen LogP contribution in [0.25, 0.3) is 0 Å². The summed E-state index contributed by atoms with van der Waals surface area (Å²) >= 11 is 0. The lowest BCUT2D eigenvalue weighted by Gasteiger charge is -2.15. The fourth-order valence-corrected chi connectivity index (χ4v) is 1.99. The Balaban J connectivity index is 1.43. The monoisotopic (exact) mass is 197 g/mol. The molecule has 2 fully saturated rings. The topological polar surface area (TPSA) is 21.3 Å². The van der Waals surface area contributed by atoms with Crippen LogP contribution in [0.15, 0.2) is 0 Å². The van der Waals surface area contributed by atoms with Gasteiger partial charge in [-0.3, -0.25) is 0 Å². The summed E-state index contributed by atoms with van der Waals surface area (Å²) in [5.74, 6) is 1.88. The first kappa shape index (κ1) is 10.4. The molecule has 82 valence electrons. The van der Waals surface area contributed by atoms with E-state index in [1.807, 2.05) is 0 Å². The summed E-state index contributed by atoms with van der Waals surface area (Å²) in [7, 11) is 0. The summed E-state index contributed by atoms with van der Waals surface area (Å²) in [6.07, 6.45) is 6.94. The number of hydrogen-bond donors (Lipinski definition) is 1. The van der Waals surface area contributed by atoms with Gasteiger partial charge in [0, 0.05) is 19.2 Å². The van der Waals surface area contributed by atoms with E-state index in [0.717, 1.165) is 37.6 Å². The molecule has 0 aromatic rings. The molecule has 0 saturated heterocycles. The van der Waals surface area contributed by atoms with E-state index in [9.17, 15) is 0 Å². The van der Waals surface area contributed by atoms with Crippen LogP contribution in [0.1, 0.15) is 39.0 Å². The van der Waals surface area contributed by atoms with Crippen LogP contribution in [0.2, 0.25) is 0 Å². The highest BCUT2D eigenvalue weighted by molar-refractivity contribution is 4.85. The molecular formula is C12H23NO. The molecule has 0 aromatic heterocycles. The van der Waals surface area contributed by atoms with Crippen molar-refractivity contribution in [2.24, 2.45) is 11.8 Å². The SMILES string of the molecule is CCC(NCCOCC1CC1)C1CC1. The Morgan fingerprint density at radius 1 is 1.29 bits per heavy atom. The third-order valence-corrected chi connectivity index (χ3v) is 3.33. The minimum Gasteiger partial charge on any atom is -0.380 e. The maximum absolute atomic E-state index is 5.59. The molecule has 0 radical (unpaired) electrons. The highest BCUT2D eigenvalue weighted by Crippen LogP contribution is 2.33. The Kier molecular flexibility index (Phi) is 3.82. The van der Waals surface area contributed by atoms with Crippen molar-refractivity contribution in [2.45, 2.75) is 45.1 Å². The largest absolute Gasteiger partial charge is 0.380 e. The van der Waals surface area contributed by atoms with Crippen molar-refractivity contribution >= 4 is 0 Å². The van der Waals surface area contributed by atoms with Crippen LogP contribution >= 0.6 is 0 Å². The number of rotatable bonds is 8. The molecule has 2 aliphatic carbocycles. The second kappa shape index (κ2) is 5.13. The van der Waals surface area contributed by atoms with E-state index in [4.69, 9.17) is 4.74 Å². The quantitative estimate of drug-likeness (QED) is 0.602. The standard InChI is InChI=1S/C12H23NO/c1-2-12(11-5-6-11)13-7-8-14-9-10-3-4-10/h10-13H,2-9H2,1H3. The molecule has 0 spiro atoms. The van der Waals surface area contributed by atoms with E-state index in [0.29, 0.717) is 0 Å². The average molecular weight is 197 g/mol. The van der Waals surface area contributed by atoms with Gasteiger partial charge in [0.05, 0.1) is 6.61 Å². The predicted molar refractivity (Wildman–Crippen MR) is 58.3 cm³/mol. The zero-order valence-corrected chi connectivity index (χ0v) is 9.30. The summed E-state index contributed by atoms with van der Waals surface area (Å²) in [5.41, 5.74) is 0. The first-order valence-electron chi connectivity index (χ1n) is 6.21. The third kappa shape index (κ3) is 3.58. The molecule has 1 N–H and O–H groups in total. The predicted octanol–water partition coefficient (Wildman–Crippen LogP) is 2.19. The molecule has 1 unspecified atom stereocenters. The zero-order chi connectivity index (χ0) is 9.80. The molecular weight excluding hydrogens is 174 g/mol. The van der Waals surface area contributed by atoms with Crippen LogP contribution in [0.4, 0.5) is 0 Å². The van der Waals surface area contributed by atoms with Gasteiger partial charge in [-0.05, 0) is 43.9 Å². The van der Waals surface area contributed by atoms with Crippen molar-refractivity contribution < 1.29 is 4.74 Å². The van der Waals surface area contributed by atoms with Crippen LogP contribution in [-0.2, 0) is 4.74 Å². The lowest BCUT2D eigenvalue weighted by atomic mass is 10.1. The van der Waals surface area contributed by atoms with Crippen molar-refractivity contribution in [3.05, 3.63) is 0 Å². The molecule has 0 aliphatic heterocycles. The summed E-state index contributed by atoms with van der Waals surface area (Å²) in [5, 5.41) is 3.60. The van der Waals surface area contributed by atoms with Crippen molar-refractivity contribution in [2.75, 3.05) is 19.8 Å². The Bertz CT molecular complexity index is 164. The summed E-state index contributed by atoms with van der Waals surface area (Å²) < 4.78 is 5.59. The van der Waals surface area contributed by atoms with E-state index in [-0.39, 0.29) is 0 Å². The summed E-state index contributed by atoms with van der Waals surface area (Å²) in [4.78, 5) is 0. The third-order valence-electron chi connectivity index (χ3n) is 3.33. The molecule has 1 atom stereocenters. The minimum absolute atomic E-state index is 0.763. The Labute approximate surface area is 87.4 Å². The van der Waals surface area contributed by atoms with E-state index < -0.39 is 0 Å². The van der Waals surface area contributed by atoms with Crippen molar-refractivity contribution in [3.8, 4) is 0 Å². The van der Waals surface area contributed by atoms with Crippen LogP contribution in [-0.4, -0.2) is 25.8 Å². The van der Waals surface area contributed by atoms with E-state index in [1.54, 1.807) is 0 Å². The van der Waals surface area contributed by atoms with E-state index in [2.05, 4.69) is 12.2 Å². The smallest absolute Gasteiger partial charge is 0.0591 e. The molecule has 0 aromatic carbocycles. The van der Waals surface area contributed by atoms with E-state index in [1.165, 1.54) is 32.1 Å². The molecule has 2 saturated carbocycles. The van der Waals surface area contributed by atoms with Gasteiger partial charge in [-0.2, -0.15) is 0 Å². The summed E-state index contributed by atoms with van der Waals surface area (Å²) in [6.45, 7) is 5.23. The van der Waals surface area contributed by atoms with Gasteiger partial charge < -0.3 is 10.1 Å². The second-order valence-electron chi connectivity index (χ2n) is 4.82. The maximum atomic E-state index is 5.59. The first-order valence-corrected chi connectivity index (χ1v) is 6.21. The lowest BCUT2D eigenvalue weighted by molar-refractivity contribution is 0.123. The number of nitrogens with one attached hydrogen (secondary N) is 1. The van der Waals surface area contributed by atoms with Gasteiger partial charge in [-0.15, -0.1) is 0 Å². The first-order chi connectivity index (χ1) is 6.90. The van der Waals surface area contributed by atoms with Gasteiger partial charge in [0.15, 0.2) is 0 Å². The van der Waals surface area contributed by atoms with Crippen molar-refractivity contribution in [1.29, 1.82) is 0 Å². The van der Waals surface area contributed by atoms with Gasteiger partial charge in [0.2, 0.25) is 0 Å². The van der Waals surface area contributed by atoms with Crippen LogP contribution in [0.3, 0.4) is 0 Å². The summed E-state index contributed by atoms with van der Waals surface area (Å²) in [6, 6.07) is 0.763. The zero-order valence-electron chi connectivity index (χ0n) is 9.30. The fourth-order valence-electron chi connectivity index (χ4n) is 1.99. The average Bonchev–Trinajstić information content (AvgIpc) is 3.02. The van der Waals surface area contributed by atoms with Crippen molar-refractivity contribution in [3.63, 3.8) is 0 Å². The molecule has 0 heterocycles. The van der Waals surface area contributed by atoms with Gasteiger partial charge in [0.1, 0.15) is 0 Å². The highest BCUT2D eigenvalue weighted by atomic mass is 16.5. The number of hydrogen-bond acceptors (Lipinski definition) is 2. The van der Waals surface area contributed by atoms with Crippen LogP contribution < -0.4 is 5.32 Å². The highest BCUT2D eigenvalue weighted by Gasteiger charge is 2.29. The Morgan fingerprint density at radius 2 is 2.07 bits per heavy atom. The Hall–Kier alpha value is -0.0800. The molecule has 0 bridgehead atoms. The molecule has 2 aliphatic rings. The maximum Gasteiger partial charge on any atom is 0.0591 e. The van der Waals surface area contributed by atoms with Gasteiger partial charge in [-0.25, -0.2) is 0 Å². The van der Waals surface area contributed by atoms with Crippen LogP contribution in [0.5, 0.6) is 0 Å². The molecule has 0 amide bonds. The molecule has 2 nitrogen and oxygen atoms in total. The number of ether oxygens (including phenoxy) is 1. The van der Waals surface area contributed by atoms with E-state index >= 15 is 0 Å². The molecule has 14 heavy (non-hydrogen) atoms. The lowest BCUT2D eigenvalue weighted by Crippen LogP contribution is -2.33. The van der Waals surface area contributed by atoms with Gasteiger partial charge in [-0.1, -0.05) is 6.92 Å². The normalized spacial score (nSPS) is 23.8. The second-order valence-corrected chi connectivity index (χ2v) is 4.82. The Morgan fingerprint density at radius 3 is 2.64 bits per heavy atom. The van der Waals surface area contributed by atoms with Crippen LogP contribution in [0, 0.1) is 11.8 Å². The van der Waals surface area contributed by atoms with Crippen molar-refractivity contribution in [1.82, 2.24) is 5.32 Å². The molecule has 2 heteroatoms. The fraction of sp³-hybridized carbons (Fsp3) is 1.00. The van der Waals surface area contributed by atoms with Gasteiger partial charge in [0.25, 0.3) is 0 Å².